The van der Waals surface area contributed by atoms with E-state index in [1.165, 1.54) is 12.1 Å². The van der Waals surface area contributed by atoms with Gasteiger partial charge in [-0.1, -0.05) is 12.1 Å². The Morgan fingerprint density at radius 3 is 1.59 bits per heavy atom. The van der Waals surface area contributed by atoms with E-state index in [2.05, 4.69) is 57.7 Å². The number of carboxylic acid groups (broad SMARTS) is 2. The topological polar surface area (TPSA) is 113 Å². The zero-order valence-corrected chi connectivity index (χ0v) is 21.5. The van der Waals surface area contributed by atoms with Crippen LogP contribution >= 0.6 is 22.9 Å². The fourth-order valence-electron chi connectivity index (χ4n) is 3.72. The summed E-state index contributed by atoms with van der Waals surface area (Å²) in [5.74, 6) is -2.02. The second kappa shape index (κ2) is 13.0. The summed E-state index contributed by atoms with van der Waals surface area (Å²) in [6.07, 6.45) is 0. The maximum absolute atomic E-state index is 11.3. The number of rotatable bonds is 6. The molecule has 0 amide bonds. The molecule has 10 nitrogen and oxygen atoms in total. The zero-order valence-electron chi connectivity index (χ0n) is 19.3. The molecule has 0 atom stereocenters. The number of aromatic nitrogens is 2. The average molecular weight is 582 g/mol. The number of hydrogen-bond acceptors (Lipinski definition) is 8. The first kappa shape index (κ1) is 26.4. The van der Waals surface area contributed by atoms with Gasteiger partial charge in [0.1, 0.15) is 11.4 Å². The van der Waals surface area contributed by atoms with E-state index < -0.39 is 11.9 Å². The molecule has 0 aliphatic carbocycles. The fraction of sp³-hybridized carbons (Fsp3) is 0.478. The minimum Gasteiger partial charge on any atom is -0.477 e. The summed E-state index contributed by atoms with van der Waals surface area (Å²) in [5, 5.41) is 18.4. The van der Waals surface area contributed by atoms with Gasteiger partial charge in [0, 0.05) is 88.3 Å². The van der Waals surface area contributed by atoms with E-state index in [-0.39, 0.29) is 11.4 Å². The third-order valence-electron chi connectivity index (χ3n) is 5.74. The van der Waals surface area contributed by atoms with Gasteiger partial charge in [-0.2, -0.15) is 0 Å². The highest BCUT2D eigenvalue weighted by Crippen LogP contribution is 2.10. The van der Waals surface area contributed by atoms with E-state index in [1.807, 2.05) is 12.1 Å². The third-order valence-corrected chi connectivity index (χ3v) is 6.70. The van der Waals surface area contributed by atoms with E-state index in [0.717, 1.165) is 63.7 Å². The summed E-state index contributed by atoms with van der Waals surface area (Å²) in [6, 6.07) is 10.3. The molecule has 0 saturated carbocycles. The summed E-state index contributed by atoms with van der Waals surface area (Å²) in [4.78, 5) is 38.0. The first-order valence-electron chi connectivity index (χ1n) is 11.2. The van der Waals surface area contributed by atoms with Crippen LogP contribution in [-0.2, 0) is 13.1 Å². The Morgan fingerprint density at radius 2 is 1.18 bits per heavy atom. The number of hydrogen-bond donors (Lipinski definition) is 2. The summed E-state index contributed by atoms with van der Waals surface area (Å²) in [5.41, 5.74) is 1.67. The maximum atomic E-state index is 11.3. The second-order valence-electron chi connectivity index (χ2n) is 8.40. The van der Waals surface area contributed by atoms with E-state index in [1.54, 1.807) is 12.1 Å². The molecule has 11 heteroatoms. The summed E-state index contributed by atoms with van der Waals surface area (Å²) in [6.45, 7) is 8.09. The van der Waals surface area contributed by atoms with Crippen LogP contribution in [0.5, 0.6) is 0 Å². The van der Waals surface area contributed by atoms with E-state index in [9.17, 15) is 19.8 Å². The van der Waals surface area contributed by atoms with Gasteiger partial charge in [0.2, 0.25) is 0 Å². The molecule has 0 aromatic carbocycles. The molecular weight excluding hydrogens is 551 g/mol. The molecule has 1 aliphatic heterocycles. The normalized spacial score (nSPS) is 18.2. The molecule has 0 radical (unpaired) electrons. The number of aromatic carboxylic acids is 2. The number of nitrogens with zero attached hydrogens (tertiary/aromatic N) is 6. The molecule has 3 heterocycles. The highest BCUT2D eigenvalue weighted by atomic mass is 127. The van der Waals surface area contributed by atoms with Crippen LogP contribution in [0.3, 0.4) is 0 Å². The number of pyridine rings is 2. The Bertz CT molecular complexity index is 884. The minimum absolute atomic E-state index is 0.0722. The van der Waals surface area contributed by atoms with Crippen molar-refractivity contribution in [1.29, 1.82) is 0 Å². The van der Waals surface area contributed by atoms with Crippen molar-refractivity contribution in [2.45, 2.75) is 13.1 Å². The van der Waals surface area contributed by atoms with Crippen LogP contribution in [0.4, 0.5) is 0 Å². The molecule has 1 aliphatic rings. The largest absolute Gasteiger partial charge is 0.477 e. The molecule has 1 fully saturated rings. The molecular formula is C23H31IN6O4. The Hall–Kier alpha value is -2.19. The Labute approximate surface area is 213 Å². The summed E-state index contributed by atoms with van der Waals surface area (Å²) >= 11 is 2.35. The number of carbonyl (C=O) groups is 2. The van der Waals surface area contributed by atoms with Crippen molar-refractivity contribution in [3.05, 3.63) is 59.2 Å². The third kappa shape index (κ3) is 8.55. The molecule has 34 heavy (non-hydrogen) atoms. The smallest absolute Gasteiger partial charge is 0.354 e. The highest BCUT2D eigenvalue weighted by Gasteiger charge is 2.16. The number of likely N-dealkylation sites (N-methyl/N-ethyl adjacent to an activating group) is 1. The van der Waals surface area contributed by atoms with Crippen LogP contribution in [0.15, 0.2) is 36.4 Å². The summed E-state index contributed by atoms with van der Waals surface area (Å²) < 4.78 is 2.26. The van der Waals surface area contributed by atoms with E-state index in [4.69, 9.17) is 0 Å². The average Bonchev–Trinajstić information content (AvgIpc) is 2.82. The van der Waals surface area contributed by atoms with Gasteiger partial charge in [-0.05, 0) is 31.3 Å². The highest BCUT2D eigenvalue weighted by molar-refractivity contribution is 14.1. The maximum Gasteiger partial charge on any atom is 0.354 e. The van der Waals surface area contributed by atoms with Crippen LogP contribution in [0, 0.1) is 0 Å². The predicted molar refractivity (Wildman–Crippen MR) is 136 cm³/mol. The molecule has 2 N–H and O–H groups in total. The van der Waals surface area contributed by atoms with Gasteiger partial charge in [0.05, 0.1) is 11.4 Å². The monoisotopic (exact) mass is 582 g/mol. The van der Waals surface area contributed by atoms with Gasteiger partial charge in [-0.15, -0.1) is 0 Å². The van der Waals surface area contributed by atoms with Crippen molar-refractivity contribution >= 4 is 34.8 Å². The van der Waals surface area contributed by atoms with Crippen molar-refractivity contribution in [2.75, 3.05) is 59.4 Å². The lowest BCUT2D eigenvalue weighted by atomic mass is 10.2. The fourth-order valence-corrected chi connectivity index (χ4v) is 4.15. The van der Waals surface area contributed by atoms with Crippen LogP contribution in [0.1, 0.15) is 32.4 Å². The van der Waals surface area contributed by atoms with Crippen LogP contribution in [0.25, 0.3) is 0 Å². The Balaban J connectivity index is 1.61. The van der Waals surface area contributed by atoms with Gasteiger partial charge < -0.3 is 15.1 Å². The Kier molecular flexibility index (Phi) is 10.1. The van der Waals surface area contributed by atoms with Gasteiger partial charge in [-0.25, -0.2) is 22.7 Å². The molecule has 0 unspecified atom stereocenters. The Morgan fingerprint density at radius 1 is 0.765 bits per heavy atom. The first-order valence-corrected chi connectivity index (χ1v) is 12.2. The molecule has 2 aromatic heterocycles. The number of halogens is 1. The summed E-state index contributed by atoms with van der Waals surface area (Å²) in [7, 11) is 2.10. The molecule has 1 saturated heterocycles. The first-order chi connectivity index (χ1) is 16.3. The SMILES string of the molecule is CN1CCN(Cc2cccc(C(=O)O)n2)CCN(I)CCN(Cc2cccc(C(=O)O)n2)CC1. The van der Waals surface area contributed by atoms with Crippen molar-refractivity contribution in [3.8, 4) is 0 Å². The van der Waals surface area contributed by atoms with Gasteiger partial charge in [-0.3, -0.25) is 9.80 Å². The molecule has 2 aromatic rings. The van der Waals surface area contributed by atoms with Crippen LogP contribution in [0.2, 0.25) is 0 Å². The van der Waals surface area contributed by atoms with Crippen molar-refractivity contribution in [2.24, 2.45) is 0 Å². The standard InChI is InChI=1S/C23H31IN6O4/c1-27-8-10-28(16-18-4-2-6-20(25-18)22(31)32)12-14-30(24)15-13-29(11-9-27)17-19-5-3-7-21(26-19)23(33)34/h2-7H,8-17H2,1H3,(H,31,32)(H,33,34). The van der Waals surface area contributed by atoms with Crippen molar-refractivity contribution < 1.29 is 19.8 Å². The molecule has 0 bridgehead atoms. The quantitative estimate of drug-likeness (QED) is 0.386. The molecule has 184 valence electrons. The second-order valence-corrected chi connectivity index (χ2v) is 9.77. The van der Waals surface area contributed by atoms with E-state index >= 15 is 0 Å². The van der Waals surface area contributed by atoms with Crippen LogP contribution in [-0.4, -0.2) is 109 Å². The van der Waals surface area contributed by atoms with Gasteiger partial charge in [0.15, 0.2) is 0 Å². The lowest BCUT2D eigenvalue weighted by molar-refractivity contribution is 0.0679. The van der Waals surface area contributed by atoms with E-state index in [0.29, 0.717) is 13.1 Å². The number of carboxylic acids is 2. The van der Waals surface area contributed by atoms with Gasteiger partial charge >= 0.3 is 11.9 Å². The minimum atomic E-state index is -1.01. The van der Waals surface area contributed by atoms with Crippen molar-refractivity contribution in [3.63, 3.8) is 0 Å². The van der Waals surface area contributed by atoms with Crippen LogP contribution < -0.4 is 0 Å². The molecule has 0 spiro atoms. The lowest BCUT2D eigenvalue weighted by Crippen LogP contribution is -2.42. The van der Waals surface area contributed by atoms with Gasteiger partial charge in [0.25, 0.3) is 0 Å². The van der Waals surface area contributed by atoms with Crippen molar-refractivity contribution in [1.82, 2.24) is 27.8 Å². The lowest BCUT2D eigenvalue weighted by Gasteiger charge is -2.31. The molecule has 3 rings (SSSR count). The predicted octanol–water partition coefficient (Wildman–Crippen LogP) is 1.77. The zero-order chi connectivity index (χ0) is 24.5.